The highest BCUT2D eigenvalue weighted by molar-refractivity contribution is 5.69. The molecule has 0 saturated heterocycles. The van der Waals surface area contributed by atoms with E-state index in [1.54, 1.807) is 0 Å². The Hall–Kier alpha value is -2.16. The summed E-state index contributed by atoms with van der Waals surface area (Å²) in [6.07, 6.45) is -0.175. The molecule has 1 N–H and O–H groups in total. The Kier molecular flexibility index (Phi) is 16.2. The second-order valence-electron chi connectivity index (χ2n) is 8.93. The van der Waals surface area contributed by atoms with Gasteiger partial charge in [-0.2, -0.15) is 0 Å². The number of quaternary nitrogens is 1. The maximum absolute atomic E-state index is 11.7. The van der Waals surface area contributed by atoms with Crippen molar-refractivity contribution in [1.82, 2.24) is 5.32 Å². The van der Waals surface area contributed by atoms with Crippen molar-refractivity contribution in [2.24, 2.45) is 0 Å². The molecule has 0 fully saturated rings. The van der Waals surface area contributed by atoms with E-state index in [2.05, 4.69) is 19.4 Å². The lowest BCUT2D eigenvalue weighted by molar-refractivity contribution is -0.889. The van der Waals surface area contributed by atoms with Gasteiger partial charge in [-0.25, -0.2) is 4.79 Å². The summed E-state index contributed by atoms with van der Waals surface area (Å²) in [6, 6.07) is 9.57. The van der Waals surface area contributed by atoms with Gasteiger partial charge in [0.2, 0.25) is 0 Å². The maximum Gasteiger partial charge on any atom is 0.407 e. The lowest BCUT2D eigenvalue weighted by Crippen LogP contribution is -2.47. The first kappa shape index (κ1) is 30.8. The average molecular weight is 470 g/mol. The molecule has 0 saturated carbocycles. The first-order valence-corrected chi connectivity index (χ1v) is 11.7. The van der Waals surface area contributed by atoms with E-state index < -0.39 is 11.7 Å². The Balaban J connectivity index is 0.00000497. The first-order valence-electron chi connectivity index (χ1n) is 11.7. The van der Waals surface area contributed by atoms with Gasteiger partial charge in [0.05, 0.1) is 60.0 Å². The summed E-state index contributed by atoms with van der Waals surface area (Å²) in [5.74, 6) is -0.274. The standard InChI is InChI=1S/C23H38N2O6.C2H6/c1-23(2,3)31-22(27)24-12-13-25(4,5)14-16-29-18-17-28-15-11-21(26)30-19-20-9-7-6-8-10-20;1-2/h6-10H,11-19H2,1-5H3;1-2H3/p+1. The Morgan fingerprint density at radius 3 is 2.12 bits per heavy atom. The zero-order valence-electron chi connectivity index (χ0n) is 21.6. The highest BCUT2D eigenvalue weighted by Crippen LogP contribution is 2.06. The van der Waals surface area contributed by atoms with Gasteiger partial charge in [-0.3, -0.25) is 4.79 Å². The van der Waals surface area contributed by atoms with Crippen molar-refractivity contribution < 1.29 is 33.0 Å². The van der Waals surface area contributed by atoms with Crippen molar-refractivity contribution in [3.8, 4) is 0 Å². The van der Waals surface area contributed by atoms with E-state index in [0.29, 0.717) is 37.5 Å². The van der Waals surface area contributed by atoms with Gasteiger partial charge in [0.1, 0.15) is 18.8 Å². The molecule has 0 aromatic heterocycles. The van der Waals surface area contributed by atoms with Crippen LogP contribution in [0.2, 0.25) is 0 Å². The van der Waals surface area contributed by atoms with Gasteiger partial charge in [0.25, 0.3) is 0 Å². The van der Waals surface area contributed by atoms with Crippen molar-refractivity contribution >= 4 is 12.1 Å². The zero-order chi connectivity index (χ0) is 25.2. The zero-order valence-corrected chi connectivity index (χ0v) is 21.6. The van der Waals surface area contributed by atoms with Crippen LogP contribution >= 0.6 is 0 Å². The Labute approximate surface area is 200 Å². The van der Waals surface area contributed by atoms with Crippen molar-refractivity contribution in [2.45, 2.75) is 53.2 Å². The minimum atomic E-state index is -0.493. The molecule has 0 aliphatic rings. The number of carbonyl (C=O) groups excluding carboxylic acids is 2. The van der Waals surface area contributed by atoms with E-state index in [1.807, 2.05) is 65.0 Å². The summed E-state index contributed by atoms with van der Waals surface area (Å²) in [7, 11) is 4.16. The van der Waals surface area contributed by atoms with Crippen molar-refractivity contribution in [3.05, 3.63) is 35.9 Å². The Bertz CT molecular complexity index is 644. The minimum absolute atomic E-state index is 0.224. The van der Waals surface area contributed by atoms with Crippen LogP contribution < -0.4 is 5.32 Å². The fraction of sp³-hybridized carbons (Fsp3) is 0.680. The van der Waals surface area contributed by atoms with Crippen LogP contribution in [-0.4, -0.2) is 82.3 Å². The largest absolute Gasteiger partial charge is 0.461 e. The van der Waals surface area contributed by atoms with Crippen LogP contribution in [0.1, 0.15) is 46.6 Å². The number of esters is 1. The van der Waals surface area contributed by atoms with Crippen molar-refractivity contribution in [1.29, 1.82) is 0 Å². The van der Waals surface area contributed by atoms with Gasteiger partial charge in [-0.05, 0) is 26.3 Å². The predicted octanol–water partition coefficient (Wildman–Crippen LogP) is 3.78. The second kappa shape index (κ2) is 17.3. The molecule has 0 atom stereocenters. The van der Waals surface area contributed by atoms with E-state index in [0.717, 1.165) is 18.7 Å². The molecule has 190 valence electrons. The first-order chi connectivity index (χ1) is 15.6. The van der Waals surface area contributed by atoms with Crippen LogP contribution in [0.5, 0.6) is 0 Å². The molecule has 0 aliphatic carbocycles. The fourth-order valence-electron chi connectivity index (χ4n) is 2.49. The summed E-state index contributed by atoms with van der Waals surface area (Å²) in [6.45, 7) is 13.7. The van der Waals surface area contributed by atoms with Crippen LogP contribution in [0, 0.1) is 0 Å². The molecule has 0 unspecified atom stereocenters. The monoisotopic (exact) mass is 469 g/mol. The summed E-state index contributed by atoms with van der Waals surface area (Å²) in [4.78, 5) is 23.4. The molecule has 0 spiro atoms. The lowest BCUT2D eigenvalue weighted by atomic mass is 10.2. The summed E-state index contributed by atoms with van der Waals surface area (Å²) >= 11 is 0. The number of nitrogens with one attached hydrogen (secondary N) is 1. The molecule has 0 bridgehead atoms. The number of hydrogen-bond donors (Lipinski definition) is 1. The second-order valence-corrected chi connectivity index (χ2v) is 8.93. The Morgan fingerprint density at radius 1 is 0.909 bits per heavy atom. The number of nitrogens with zero attached hydrogens (tertiary/aromatic N) is 1. The van der Waals surface area contributed by atoms with Crippen LogP contribution in [0.15, 0.2) is 30.3 Å². The van der Waals surface area contributed by atoms with E-state index >= 15 is 0 Å². The number of ether oxygens (including phenoxy) is 4. The molecule has 1 rings (SSSR count). The van der Waals surface area contributed by atoms with Crippen LogP contribution in [-0.2, 0) is 30.3 Å². The number of amides is 1. The molecule has 0 radical (unpaired) electrons. The summed E-state index contributed by atoms with van der Waals surface area (Å²) < 4.78 is 22.2. The lowest BCUT2D eigenvalue weighted by Gasteiger charge is -2.30. The number of likely N-dealkylation sites (N-methyl/N-ethyl adjacent to an activating group) is 1. The molecule has 0 heterocycles. The number of hydrogen-bond acceptors (Lipinski definition) is 6. The van der Waals surface area contributed by atoms with Gasteiger partial charge >= 0.3 is 12.1 Å². The highest BCUT2D eigenvalue weighted by atomic mass is 16.6. The van der Waals surface area contributed by atoms with Gasteiger partial charge in [0.15, 0.2) is 0 Å². The van der Waals surface area contributed by atoms with E-state index in [-0.39, 0.29) is 19.0 Å². The van der Waals surface area contributed by atoms with E-state index in [1.165, 1.54) is 0 Å². The van der Waals surface area contributed by atoms with Crippen LogP contribution in [0.3, 0.4) is 0 Å². The Morgan fingerprint density at radius 2 is 1.52 bits per heavy atom. The molecule has 1 aromatic carbocycles. The van der Waals surface area contributed by atoms with Gasteiger partial charge in [-0.15, -0.1) is 0 Å². The molecule has 8 heteroatoms. The quantitative estimate of drug-likeness (QED) is 0.254. The number of alkyl carbamates (subject to hydrolysis) is 1. The predicted molar refractivity (Wildman–Crippen MR) is 130 cm³/mol. The number of rotatable bonds is 14. The summed E-state index contributed by atoms with van der Waals surface area (Å²) in [5, 5.41) is 2.77. The fourth-order valence-corrected chi connectivity index (χ4v) is 2.49. The molecule has 0 aliphatic heterocycles. The van der Waals surface area contributed by atoms with Gasteiger partial charge < -0.3 is 28.7 Å². The highest BCUT2D eigenvalue weighted by Gasteiger charge is 2.18. The van der Waals surface area contributed by atoms with Crippen LogP contribution in [0.25, 0.3) is 0 Å². The van der Waals surface area contributed by atoms with Gasteiger partial charge in [0, 0.05) is 0 Å². The van der Waals surface area contributed by atoms with Gasteiger partial charge in [-0.1, -0.05) is 44.2 Å². The van der Waals surface area contributed by atoms with Crippen molar-refractivity contribution in [3.63, 3.8) is 0 Å². The topological polar surface area (TPSA) is 83.1 Å². The average Bonchev–Trinajstić information content (AvgIpc) is 2.75. The third-order valence-electron chi connectivity index (χ3n) is 4.29. The molecule has 1 aromatic rings. The molecular weight excluding hydrogens is 424 g/mol. The third-order valence-corrected chi connectivity index (χ3v) is 4.29. The smallest absolute Gasteiger partial charge is 0.407 e. The number of benzene rings is 1. The van der Waals surface area contributed by atoms with E-state index in [4.69, 9.17) is 18.9 Å². The molecule has 8 nitrogen and oxygen atoms in total. The molecule has 33 heavy (non-hydrogen) atoms. The maximum atomic E-state index is 11.7. The SMILES string of the molecule is CC.CC(C)(C)OC(=O)NCC[N+](C)(C)CCOCCOCCC(=O)OCc1ccccc1. The third kappa shape index (κ3) is 19.1. The van der Waals surface area contributed by atoms with Crippen LogP contribution in [0.4, 0.5) is 4.79 Å². The van der Waals surface area contributed by atoms with E-state index in [9.17, 15) is 9.59 Å². The number of carbonyl (C=O) groups is 2. The minimum Gasteiger partial charge on any atom is -0.461 e. The molecular formula is C25H45N2O6+. The van der Waals surface area contributed by atoms with Crippen molar-refractivity contribution in [2.75, 3.05) is 60.2 Å². The molecule has 1 amide bonds. The summed E-state index contributed by atoms with van der Waals surface area (Å²) in [5.41, 5.74) is 0.472. The normalized spacial score (nSPS) is 11.2.